The maximum Gasteiger partial charge on any atom is 0.273 e. The van der Waals surface area contributed by atoms with Crippen LogP contribution < -0.4 is 5.32 Å². The molecule has 0 bridgehead atoms. The second-order valence-corrected chi connectivity index (χ2v) is 5.71. The lowest BCUT2D eigenvalue weighted by atomic mass is 9.96. The van der Waals surface area contributed by atoms with Gasteiger partial charge in [-0.25, -0.2) is 0 Å². The van der Waals surface area contributed by atoms with Gasteiger partial charge in [-0.1, -0.05) is 35.5 Å². The van der Waals surface area contributed by atoms with Gasteiger partial charge in [-0.3, -0.25) is 4.79 Å². The molecule has 1 aliphatic carbocycles. The summed E-state index contributed by atoms with van der Waals surface area (Å²) < 4.78 is 5.15. The average Bonchev–Trinajstić information content (AvgIpc) is 3.23. The predicted molar refractivity (Wildman–Crippen MR) is 76.8 cm³/mol. The first-order valence-corrected chi connectivity index (χ1v) is 7.09. The van der Waals surface area contributed by atoms with Crippen molar-refractivity contribution in [2.45, 2.75) is 31.3 Å². The first kappa shape index (κ1) is 13.8. The Morgan fingerprint density at radius 2 is 2.14 bits per heavy atom. The van der Waals surface area contributed by atoms with Crippen molar-refractivity contribution < 1.29 is 14.4 Å². The molecule has 1 aromatic carbocycles. The standard InChI is InChI=1S/C16H18N2O3/c1-16(20,12-5-3-2-4-6-12)10-17-15(19)13-9-14(21-18-13)11-7-8-11/h2-6,9,11,20H,7-8,10H2,1H3,(H,17,19)/t16-/m1/s1. The molecule has 1 saturated carbocycles. The normalized spacial score (nSPS) is 17.2. The lowest BCUT2D eigenvalue weighted by Crippen LogP contribution is -2.38. The van der Waals surface area contributed by atoms with Crippen LogP contribution in [0.15, 0.2) is 40.9 Å². The third-order valence-corrected chi connectivity index (χ3v) is 3.73. The Kier molecular flexibility index (Phi) is 3.51. The molecule has 1 aliphatic rings. The summed E-state index contributed by atoms with van der Waals surface area (Å²) >= 11 is 0. The first-order chi connectivity index (χ1) is 10.1. The van der Waals surface area contributed by atoms with Crippen molar-refractivity contribution in [3.63, 3.8) is 0 Å². The second kappa shape index (κ2) is 5.33. The fraction of sp³-hybridized carbons (Fsp3) is 0.375. The van der Waals surface area contributed by atoms with E-state index in [4.69, 9.17) is 4.52 Å². The summed E-state index contributed by atoms with van der Waals surface area (Å²) in [7, 11) is 0. The van der Waals surface area contributed by atoms with Crippen molar-refractivity contribution in [1.29, 1.82) is 0 Å². The molecule has 2 N–H and O–H groups in total. The summed E-state index contributed by atoms with van der Waals surface area (Å²) in [6, 6.07) is 10.9. The number of carbonyl (C=O) groups is 1. The molecule has 5 heteroatoms. The van der Waals surface area contributed by atoms with Gasteiger partial charge in [0.15, 0.2) is 5.69 Å². The van der Waals surface area contributed by atoms with Crippen LogP contribution in [0.25, 0.3) is 0 Å². The number of nitrogens with one attached hydrogen (secondary N) is 1. The summed E-state index contributed by atoms with van der Waals surface area (Å²) in [6.45, 7) is 1.78. The molecule has 1 aromatic heterocycles. The van der Waals surface area contributed by atoms with E-state index in [2.05, 4.69) is 10.5 Å². The van der Waals surface area contributed by atoms with Gasteiger partial charge in [0.05, 0.1) is 6.54 Å². The number of hydrogen-bond donors (Lipinski definition) is 2. The minimum Gasteiger partial charge on any atom is -0.384 e. The minimum absolute atomic E-state index is 0.113. The van der Waals surface area contributed by atoms with Crippen LogP contribution in [-0.2, 0) is 5.60 Å². The van der Waals surface area contributed by atoms with Crippen LogP contribution in [0.1, 0.15) is 47.5 Å². The molecule has 1 fully saturated rings. The quantitative estimate of drug-likeness (QED) is 0.883. The molecule has 0 radical (unpaired) electrons. The first-order valence-electron chi connectivity index (χ1n) is 7.09. The molecule has 2 aromatic rings. The van der Waals surface area contributed by atoms with E-state index in [1.165, 1.54) is 0 Å². The van der Waals surface area contributed by atoms with Crippen LogP contribution >= 0.6 is 0 Å². The smallest absolute Gasteiger partial charge is 0.273 e. The van der Waals surface area contributed by atoms with Gasteiger partial charge < -0.3 is 14.9 Å². The second-order valence-electron chi connectivity index (χ2n) is 5.71. The predicted octanol–water partition coefficient (Wildman–Crippen LogP) is 2.19. The van der Waals surface area contributed by atoms with Crippen LogP contribution in [-0.4, -0.2) is 22.7 Å². The zero-order valence-corrected chi connectivity index (χ0v) is 11.9. The lowest BCUT2D eigenvalue weighted by Gasteiger charge is -2.23. The third kappa shape index (κ3) is 3.13. The molecule has 0 spiro atoms. The van der Waals surface area contributed by atoms with Crippen molar-refractivity contribution in [1.82, 2.24) is 10.5 Å². The van der Waals surface area contributed by atoms with E-state index >= 15 is 0 Å². The van der Waals surface area contributed by atoms with Gasteiger partial charge in [0.25, 0.3) is 5.91 Å². The largest absolute Gasteiger partial charge is 0.384 e. The highest BCUT2D eigenvalue weighted by atomic mass is 16.5. The number of aliphatic hydroxyl groups is 1. The van der Waals surface area contributed by atoms with E-state index in [0.717, 1.165) is 24.2 Å². The number of amides is 1. The van der Waals surface area contributed by atoms with E-state index in [1.54, 1.807) is 13.0 Å². The van der Waals surface area contributed by atoms with E-state index in [0.29, 0.717) is 5.92 Å². The fourth-order valence-corrected chi connectivity index (χ4v) is 2.20. The monoisotopic (exact) mass is 286 g/mol. The Bertz CT molecular complexity index is 630. The van der Waals surface area contributed by atoms with Gasteiger partial charge in [-0.2, -0.15) is 0 Å². The molecule has 1 amide bonds. The summed E-state index contributed by atoms with van der Waals surface area (Å²) in [5, 5.41) is 16.9. The van der Waals surface area contributed by atoms with E-state index in [-0.39, 0.29) is 18.1 Å². The molecule has 0 unspecified atom stereocenters. The Morgan fingerprint density at radius 3 is 2.81 bits per heavy atom. The Hall–Kier alpha value is -2.14. The van der Waals surface area contributed by atoms with Crippen molar-refractivity contribution in [3.8, 4) is 0 Å². The van der Waals surface area contributed by atoms with Crippen LogP contribution in [0, 0.1) is 0 Å². The van der Waals surface area contributed by atoms with Crippen LogP contribution in [0.4, 0.5) is 0 Å². The highest BCUT2D eigenvalue weighted by Crippen LogP contribution is 2.40. The summed E-state index contributed by atoms with van der Waals surface area (Å²) in [5.41, 5.74) is -0.107. The topological polar surface area (TPSA) is 75.4 Å². The minimum atomic E-state index is -1.13. The molecule has 0 saturated heterocycles. The molecule has 1 atom stereocenters. The zero-order valence-electron chi connectivity index (χ0n) is 11.9. The molecule has 0 aliphatic heterocycles. The highest BCUT2D eigenvalue weighted by Gasteiger charge is 2.29. The maximum atomic E-state index is 12.0. The van der Waals surface area contributed by atoms with Gasteiger partial charge >= 0.3 is 0 Å². The van der Waals surface area contributed by atoms with Crippen molar-refractivity contribution in [2.24, 2.45) is 0 Å². The number of aromatic nitrogens is 1. The van der Waals surface area contributed by atoms with Gasteiger partial charge in [0, 0.05) is 12.0 Å². The molecule has 21 heavy (non-hydrogen) atoms. The van der Waals surface area contributed by atoms with Crippen LogP contribution in [0.3, 0.4) is 0 Å². The molecule has 1 heterocycles. The number of hydrogen-bond acceptors (Lipinski definition) is 4. The number of benzene rings is 1. The van der Waals surface area contributed by atoms with Crippen molar-refractivity contribution in [2.75, 3.05) is 6.54 Å². The highest BCUT2D eigenvalue weighted by molar-refractivity contribution is 5.92. The van der Waals surface area contributed by atoms with Crippen molar-refractivity contribution in [3.05, 3.63) is 53.4 Å². The molecular formula is C16H18N2O3. The lowest BCUT2D eigenvalue weighted by molar-refractivity contribution is 0.0524. The van der Waals surface area contributed by atoms with Gasteiger partial charge in [-0.15, -0.1) is 0 Å². The number of rotatable bonds is 5. The van der Waals surface area contributed by atoms with E-state index in [9.17, 15) is 9.90 Å². The SMILES string of the molecule is C[C@@](O)(CNC(=O)c1cc(C2CC2)on1)c1ccccc1. The number of nitrogens with zero attached hydrogens (tertiary/aromatic N) is 1. The Labute approximate surface area is 123 Å². The Balaban J connectivity index is 1.62. The molecule has 110 valence electrons. The molecular weight excluding hydrogens is 268 g/mol. The van der Waals surface area contributed by atoms with Crippen LogP contribution in [0.2, 0.25) is 0 Å². The van der Waals surface area contributed by atoms with Gasteiger partial charge in [0.2, 0.25) is 0 Å². The fourth-order valence-electron chi connectivity index (χ4n) is 2.20. The van der Waals surface area contributed by atoms with Crippen molar-refractivity contribution >= 4 is 5.91 Å². The zero-order chi connectivity index (χ0) is 14.9. The molecule has 5 nitrogen and oxygen atoms in total. The Morgan fingerprint density at radius 1 is 1.43 bits per heavy atom. The summed E-state index contributed by atoms with van der Waals surface area (Å²) in [5.74, 6) is 0.864. The van der Waals surface area contributed by atoms with E-state index < -0.39 is 5.60 Å². The summed E-state index contributed by atoms with van der Waals surface area (Å²) in [4.78, 5) is 12.0. The van der Waals surface area contributed by atoms with Gasteiger partial charge in [-0.05, 0) is 25.3 Å². The van der Waals surface area contributed by atoms with Crippen LogP contribution in [0.5, 0.6) is 0 Å². The third-order valence-electron chi connectivity index (χ3n) is 3.73. The maximum absolute atomic E-state index is 12.0. The van der Waals surface area contributed by atoms with Gasteiger partial charge in [0.1, 0.15) is 11.4 Å². The average molecular weight is 286 g/mol. The number of carbonyl (C=O) groups excluding carboxylic acids is 1. The summed E-state index contributed by atoms with van der Waals surface area (Å²) in [6.07, 6.45) is 2.19. The molecule has 3 rings (SSSR count). The van der Waals surface area contributed by atoms with E-state index in [1.807, 2.05) is 30.3 Å².